The fraction of sp³-hybridized carbons (Fsp3) is 0.538. The van der Waals surface area contributed by atoms with Gasteiger partial charge in [0.1, 0.15) is 5.82 Å². The molecule has 19 heavy (non-hydrogen) atoms. The zero-order valence-corrected chi connectivity index (χ0v) is 10.7. The lowest BCUT2D eigenvalue weighted by Crippen LogP contribution is -2.49. The van der Waals surface area contributed by atoms with Gasteiger partial charge in [-0.05, 0) is 25.0 Å². The second kappa shape index (κ2) is 5.03. The molecule has 0 spiro atoms. The largest absolute Gasteiger partial charge is 0.354 e. The number of nitrogens with zero attached hydrogens (tertiary/aromatic N) is 3. The number of carbonyl (C=O) groups is 1. The second-order valence-electron chi connectivity index (χ2n) is 4.99. The average molecular weight is 264 g/mol. The summed E-state index contributed by atoms with van der Waals surface area (Å²) in [5.41, 5.74) is 0. The molecule has 0 radical (unpaired) electrons. The highest BCUT2D eigenvalue weighted by Crippen LogP contribution is 2.22. The maximum absolute atomic E-state index is 13.2. The van der Waals surface area contributed by atoms with Gasteiger partial charge in [0.15, 0.2) is 0 Å². The molecule has 1 aromatic heterocycles. The minimum Gasteiger partial charge on any atom is -0.354 e. The molecule has 0 unspecified atom stereocenters. The first kappa shape index (κ1) is 12.2. The van der Waals surface area contributed by atoms with Crippen LogP contribution in [0, 0.1) is 5.95 Å². The SMILES string of the molecule is O=C1NCCN1[C@H]1CCCN(c2cccc(F)n2)C1. The van der Waals surface area contributed by atoms with Crippen molar-refractivity contribution >= 4 is 11.8 Å². The minimum absolute atomic E-state index is 0.0130. The third-order valence-corrected chi connectivity index (χ3v) is 3.75. The number of aromatic nitrogens is 1. The van der Waals surface area contributed by atoms with E-state index in [2.05, 4.69) is 15.2 Å². The van der Waals surface area contributed by atoms with Gasteiger partial charge in [0.25, 0.3) is 0 Å². The van der Waals surface area contributed by atoms with Crippen molar-refractivity contribution in [1.29, 1.82) is 0 Å². The van der Waals surface area contributed by atoms with Crippen LogP contribution < -0.4 is 10.2 Å². The van der Waals surface area contributed by atoms with Crippen LogP contribution >= 0.6 is 0 Å². The number of pyridine rings is 1. The van der Waals surface area contributed by atoms with Crippen molar-refractivity contribution in [3.8, 4) is 0 Å². The first-order chi connectivity index (χ1) is 9.24. The third kappa shape index (κ3) is 2.47. The number of carbonyl (C=O) groups excluding carboxylic acids is 1. The molecular weight excluding hydrogens is 247 g/mol. The Labute approximate surface area is 111 Å². The average Bonchev–Trinajstić information content (AvgIpc) is 2.85. The summed E-state index contributed by atoms with van der Waals surface area (Å²) in [4.78, 5) is 19.5. The molecule has 2 aliphatic rings. The molecular formula is C13H17FN4O. The van der Waals surface area contributed by atoms with Crippen molar-refractivity contribution in [2.24, 2.45) is 0 Å². The molecule has 0 aliphatic carbocycles. The molecule has 1 atom stereocenters. The van der Waals surface area contributed by atoms with Crippen molar-refractivity contribution in [3.05, 3.63) is 24.1 Å². The predicted octanol–water partition coefficient (Wildman–Crippen LogP) is 1.21. The molecule has 2 aliphatic heterocycles. The normalized spacial score (nSPS) is 23.6. The molecule has 3 heterocycles. The van der Waals surface area contributed by atoms with Gasteiger partial charge in [-0.25, -0.2) is 9.78 Å². The summed E-state index contributed by atoms with van der Waals surface area (Å²) in [6.45, 7) is 3.06. The first-order valence-corrected chi connectivity index (χ1v) is 6.66. The van der Waals surface area contributed by atoms with E-state index < -0.39 is 5.95 Å². The Bertz CT molecular complexity index is 481. The van der Waals surface area contributed by atoms with Gasteiger partial charge in [0.05, 0.1) is 6.04 Å². The standard InChI is InChI=1S/C13H17FN4O/c14-11-4-1-5-12(16-11)17-7-2-3-10(9-17)18-8-6-15-13(18)19/h1,4-5,10H,2-3,6-9H2,(H,15,19)/t10-/m0/s1. The number of urea groups is 1. The van der Waals surface area contributed by atoms with Crippen LogP contribution in [0.4, 0.5) is 15.0 Å². The Balaban J connectivity index is 1.72. The number of hydrogen-bond acceptors (Lipinski definition) is 3. The van der Waals surface area contributed by atoms with E-state index in [1.165, 1.54) is 6.07 Å². The van der Waals surface area contributed by atoms with Crippen LogP contribution in [-0.2, 0) is 0 Å². The smallest absolute Gasteiger partial charge is 0.317 e. The van der Waals surface area contributed by atoms with E-state index in [1.54, 1.807) is 6.07 Å². The van der Waals surface area contributed by atoms with Gasteiger partial charge < -0.3 is 15.1 Å². The number of hydrogen-bond donors (Lipinski definition) is 1. The summed E-state index contributed by atoms with van der Waals surface area (Å²) in [7, 11) is 0. The molecule has 2 amide bonds. The highest BCUT2D eigenvalue weighted by molar-refractivity contribution is 5.76. The van der Waals surface area contributed by atoms with Crippen LogP contribution in [0.3, 0.4) is 0 Å². The van der Waals surface area contributed by atoms with Crippen molar-refractivity contribution < 1.29 is 9.18 Å². The van der Waals surface area contributed by atoms with E-state index >= 15 is 0 Å². The lowest BCUT2D eigenvalue weighted by molar-refractivity contribution is 0.189. The van der Waals surface area contributed by atoms with Gasteiger partial charge in [-0.1, -0.05) is 6.07 Å². The Hall–Kier alpha value is -1.85. The van der Waals surface area contributed by atoms with E-state index in [9.17, 15) is 9.18 Å². The Morgan fingerprint density at radius 2 is 2.26 bits per heavy atom. The van der Waals surface area contributed by atoms with Gasteiger partial charge in [-0.2, -0.15) is 4.39 Å². The Morgan fingerprint density at radius 3 is 3.00 bits per heavy atom. The van der Waals surface area contributed by atoms with Crippen LogP contribution in [0.5, 0.6) is 0 Å². The van der Waals surface area contributed by atoms with E-state index in [0.717, 1.165) is 32.5 Å². The summed E-state index contributed by atoms with van der Waals surface area (Å²) in [5, 5.41) is 2.82. The monoisotopic (exact) mass is 264 g/mol. The molecule has 0 aromatic carbocycles. The topological polar surface area (TPSA) is 48.5 Å². The lowest BCUT2D eigenvalue weighted by Gasteiger charge is -2.37. The number of rotatable bonds is 2. The van der Waals surface area contributed by atoms with Crippen LogP contribution in [0.25, 0.3) is 0 Å². The molecule has 0 saturated carbocycles. The lowest BCUT2D eigenvalue weighted by atomic mass is 10.0. The molecule has 1 aromatic rings. The Morgan fingerprint density at radius 1 is 1.37 bits per heavy atom. The highest BCUT2D eigenvalue weighted by atomic mass is 19.1. The number of halogens is 1. The fourth-order valence-electron chi connectivity index (χ4n) is 2.83. The predicted molar refractivity (Wildman–Crippen MR) is 69.5 cm³/mol. The highest BCUT2D eigenvalue weighted by Gasteiger charge is 2.31. The molecule has 2 saturated heterocycles. The van der Waals surface area contributed by atoms with E-state index in [4.69, 9.17) is 0 Å². The van der Waals surface area contributed by atoms with Gasteiger partial charge in [0, 0.05) is 26.2 Å². The van der Waals surface area contributed by atoms with E-state index in [-0.39, 0.29) is 12.1 Å². The molecule has 0 bridgehead atoms. The van der Waals surface area contributed by atoms with Crippen molar-refractivity contribution in [3.63, 3.8) is 0 Å². The fourth-order valence-corrected chi connectivity index (χ4v) is 2.83. The molecule has 5 nitrogen and oxygen atoms in total. The first-order valence-electron chi connectivity index (χ1n) is 6.66. The van der Waals surface area contributed by atoms with Gasteiger partial charge >= 0.3 is 6.03 Å². The molecule has 2 fully saturated rings. The van der Waals surface area contributed by atoms with Gasteiger partial charge in [0.2, 0.25) is 5.95 Å². The second-order valence-corrected chi connectivity index (χ2v) is 4.99. The zero-order valence-electron chi connectivity index (χ0n) is 10.7. The van der Waals surface area contributed by atoms with Crippen LogP contribution in [-0.4, -0.2) is 48.1 Å². The number of anilines is 1. The van der Waals surface area contributed by atoms with Crippen LogP contribution in [0.2, 0.25) is 0 Å². The molecule has 102 valence electrons. The zero-order chi connectivity index (χ0) is 13.2. The van der Waals surface area contributed by atoms with Gasteiger partial charge in [-0.15, -0.1) is 0 Å². The minimum atomic E-state index is -0.460. The maximum atomic E-state index is 13.2. The summed E-state index contributed by atoms with van der Waals surface area (Å²) in [6.07, 6.45) is 1.99. The van der Waals surface area contributed by atoms with Crippen LogP contribution in [0.15, 0.2) is 18.2 Å². The summed E-state index contributed by atoms with van der Waals surface area (Å²) in [6, 6.07) is 5.04. The summed E-state index contributed by atoms with van der Waals surface area (Å²) < 4.78 is 13.2. The molecule has 6 heteroatoms. The molecule has 3 rings (SSSR count). The maximum Gasteiger partial charge on any atom is 0.317 e. The van der Waals surface area contributed by atoms with E-state index in [0.29, 0.717) is 12.4 Å². The quantitative estimate of drug-likeness (QED) is 0.817. The van der Waals surface area contributed by atoms with Crippen LogP contribution in [0.1, 0.15) is 12.8 Å². The third-order valence-electron chi connectivity index (χ3n) is 3.75. The van der Waals surface area contributed by atoms with E-state index in [1.807, 2.05) is 11.0 Å². The summed E-state index contributed by atoms with van der Waals surface area (Å²) in [5.74, 6) is 0.197. The Kier molecular flexibility index (Phi) is 3.23. The van der Waals surface area contributed by atoms with Crippen molar-refractivity contribution in [1.82, 2.24) is 15.2 Å². The number of amides is 2. The van der Waals surface area contributed by atoms with Gasteiger partial charge in [-0.3, -0.25) is 0 Å². The number of nitrogens with one attached hydrogen (secondary N) is 1. The molecule has 1 N–H and O–H groups in total. The number of piperidine rings is 1. The summed E-state index contributed by atoms with van der Waals surface area (Å²) >= 11 is 0. The van der Waals surface area contributed by atoms with Crippen molar-refractivity contribution in [2.45, 2.75) is 18.9 Å². The van der Waals surface area contributed by atoms with Crippen molar-refractivity contribution in [2.75, 3.05) is 31.1 Å².